The molecule has 0 aliphatic heterocycles. The van der Waals surface area contributed by atoms with Crippen molar-refractivity contribution in [3.63, 3.8) is 0 Å². The Bertz CT molecular complexity index is 928. The van der Waals surface area contributed by atoms with Gasteiger partial charge in [-0.15, -0.1) is 0 Å². The second-order valence-corrected chi connectivity index (χ2v) is 7.59. The first-order valence-corrected chi connectivity index (χ1v) is 9.72. The van der Waals surface area contributed by atoms with Crippen molar-refractivity contribution in [3.8, 4) is 5.75 Å². The van der Waals surface area contributed by atoms with Gasteiger partial charge in [0.05, 0.1) is 4.90 Å². The molecular weight excluding hydrogens is 348 g/mol. The Morgan fingerprint density at radius 3 is 2.38 bits per heavy atom. The first-order valence-electron chi connectivity index (χ1n) is 8.24. The van der Waals surface area contributed by atoms with Crippen molar-refractivity contribution >= 4 is 10.0 Å². The molecule has 0 fully saturated rings. The van der Waals surface area contributed by atoms with E-state index in [2.05, 4.69) is 9.71 Å². The van der Waals surface area contributed by atoms with E-state index in [0.717, 1.165) is 16.9 Å². The molecule has 1 N–H and O–H groups in total. The number of rotatable bonds is 7. The second-order valence-electron chi connectivity index (χ2n) is 5.88. The molecule has 1 unspecified atom stereocenters. The molecule has 1 aromatic heterocycles. The van der Waals surface area contributed by atoms with E-state index in [9.17, 15) is 8.42 Å². The maximum absolute atomic E-state index is 12.4. The Labute approximate surface area is 153 Å². The Morgan fingerprint density at radius 2 is 1.73 bits per heavy atom. The van der Waals surface area contributed by atoms with E-state index in [1.165, 1.54) is 0 Å². The zero-order chi connectivity index (χ0) is 18.4. The summed E-state index contributed by atoms with van der Waals surface area (Å²) >= 11 is 0. The SMILES string of the molecule is CC(NS(=O)(=O)c1ccccc1)c1ccc(OCc2cccnc2)cc1. The number of hydrogen-bond acceptors (Lipinski definition) is 4. The molecule has 5 nitrogen and oxygen atoms in total. The van der Waals surface area contributed by atoms with Crippen LogP contribution in [-0.2, 0) is 16.6 Å². The van der Waals surface area contributed by atoms with Crippen LogP contribution in [0.1, 0.15) is 24.1 Å². The average Bonchev–Trinajstić information content (AvgIpc) is 2.68. The minimum atomic E-state index is -3.55. The van der Waals surface area contributed by atoms with Gasteiger partial charge in [0, 0.05) is 24.0 Å². The number of nitrogens with zero attached hydrogens (tertiary/aromatic N) is 1. The molecule has 0 saturated carbocycles. The molecule has 0 aliphatic carbocycles. The van der Waals surface area contributed by atoms with Crippen LogP contribution in [0.5, 0.6) is 5.75 Å². The third-order valence-electron chi connectivity index (χ3n) is 3.89. The van der Waals surface area contributed by atoms with Crippen LogP contribution in [0.2, 0.25) is 0 Å². The maximum Gasteiger partial charge on any atom is 0.241 e. The zero-order valence-electron chi connectivity index (χ0n) is 14.4. The summed E-state index contributed by atoms with van der Waals surface area (Å²) < 4.78 is 33.2. The first kappa shape index (κ1) is 18.1. The van der Waals surface area contributed by atoms with E-state index >= 15 is 0 Å². The average molecular weight is 368 g/mol. The predicted octanol–water partition coefficient (Wildman–Crippen LogP) is 3.70. The maximum atomic E-state index is 12.4. The quantitative estimate of drug-likeness (QED) is 0.690. The largest absolute Gasteiger partial charge is 0.489 e. The summed E-state index contributed by atoms with van der Waals surface area (Å²) in [7, 11) is -3.55. The monoisotopic (exact) mass is 368 g/mol. The lowest BCUT2D eigenvalue weighted by molar-refractivity contribution is 0.305. The van der Waals surface area contributed by atoms with Gasteiger partial charge in [-0.05, 0) is 42.8 Å². The van der Waals surface area contributed by atoms with Crippen molar-refractivity contribution in [1.29, 1.82) is 0 Å². The van der Waals surface area contributed by atoms with Crippen LogP contribution < -0.4 is 9.46 Å². The van der Waals surface area contributed by atoms with E-state index in [4.69, 9.17) is 4.74 Å². The Morgan fingerprint density at radius 1 is 1.00 bits per heavy atom. The molecule has 0 bridgehead atoms. The van der Waals surface area contributed by atoms with Crippen LogP contribution in [0, 0.1) is 0 Å². The van der Waals surface area contributed by atoms with Gasteiger partial charge in [-0.1, -0.05) is 36.4 Å². The number of benzene rings is 2. The summed E-state index contributed by atoms with van der Waals surface area (Å²) in [6, 6.07) is 19.2. The number of nitrogens with one attached hydrogen (secondary N) is 1. The normalized spacial score (nSPS) is 12.5. The fourth-order valence-electron chi connectivity index (χ4n) is 2.47. The van der Waals surface area contributed by atoms with Gasteiger partial charge in [0.15, 0.2) is 0 Å². The Balaban J connectivity index is 1.62. The van der Waals surface area contributed by atoms with Crippen LogP contribution in [0.15, 0.2) is 84.0 Å². The second kappa shape index (κ2) is 8.12. The zero-order valence-corrected chi connectivity index (χ0v) is 15.2. The van der Waals surface area contributed by atoms with Gasteiger partial charge in [0.2, 0.25) is 10.0 Å². The molecule has 0 spiro atoms. The number of ether oxygens (including phenoxy) is 1. The highest BCUT2D eigenvalue weighted by Crippen LogP contribution is 2.20. The lowest BCUT2D eigenvalue weighted by Gasteiger charge is -2.15. The van der Waals surface area contributed by atoms with Gasteiger partial charge in [-0.2, -0.15) is 0 Å². The van der Waals surface area contributed by atoms with Crippen molar-refractivity contribution in [1.82, 2.24) is 9.71 Å². The third kappa shape index (κ3) is 4.68. The molecular formula is C20H20N2O3S. The van der Waals surface area contributed by atoms with Crippen LogP contribution in [0.3, 0.4) is 0 Å². The van der Waals surface area contributed by atoms with Gasteiger partial charge < -0.3 is 4.74 Å². The minimum absolute atomic E-state index is 0.253. The molecule has 134 valence electrons. The van der Waals surface area contributed by atoms with Gasteiger partial charge in [0.25, 0.3) is 0 Å². The summed E-state index contributed by atoms with van der Waals surface area (Å²) in [5, 5.41) is 0. The smallest absolute Gasteiger partial charge is 0.241 e. The molecule has 0 amide bonds. The van der Waals surface area contributed by atoms with Crippen LogP contribution in [0.4, 0.5) is 0 Å². The highest BCUT2D eigenvalue weighted by molar-refractivity contribution is 7.89. The van der Waals surface area contributed by atoms with Crippen molar-refractivity contribution < 1.29 is 13.2 Å². The number of hydrogen-bond donors (Lipinski definition) is 1. The Kier molecular flexibility index (Phi) is 5.65. The summed E-state index contributed by atoms with van der Waals surface area (Å²) in [6.07, 6.45) is 3.48. The standard InChI is InChI=1S/C20H20N2O3S/c1-16(22-26(23,24)20-7-3-2-4-8-20)18-9-11-19(12-10-18)25-15-17-6-5-13-21-14-17/h2-14,16,22H,15H2,1H3. The summed E-state index contributed by atoms with van der Waals surface area (Å²) in [5.41, 5.74) is 1.85. The van der Waals surface area contributed by atoms with Crippen LogP contribution in [0.25, 0.3) is 0 Å². The van der Waals surface area contributed by atoms with Crippen molar-refractivity contribution in [2.45, 2.75) is 24.5 Å². The molecule has 2 aromatic carbocycles. The molecule has 26 heavy (non-hydrogen) atoms. The lowest BCUT2D eigenvalue weighted by atomic mass is 10.1. The van der Waals surface area contributed by atoms with Crippen LogP contribution in [-0.4, -0.2) is 13.4 Å². The highest BCUT2D eigenvalue weighted by Gasteiger charge is 2.17. The van der Waals surface area contributed by atoms with E-state index in [1.54, 1.807) is 42.7 Å². The van der Waals surface area contributed by atoms with Gasteiger partial charge in [-0.25, -0.2) is 13.1 Å². The molecule has 3 rings (SSSR count). The number of pyridine rings is 1. The van der Waals surface area contributed by atoms with E-state index in [1.807, 2.05) is 43.3 Å². The topological polar surface area (TPSA) is 68.3 Å². The van der Waals surface area contributed by atoms with Crippen LogP contribution >= 0.6 is 0 Å². The number of aromatic nitrogens is 1. The number of sulfonamides is 1. The molecule has 0 saturated heterocycles. The van der Waals surface area contributed by atoms with E-state index in [0.29, 0.717) is 6.61 Å². The van der Waals surface area contributed by atoms with Crippen molar-refractivity contribution in [3.05, 3.63) is 90.3 Å². The van der Waals surface area contributed by atoms with Gasteiger partial charge in [0.1, 0.15) is 12.4 Å². The summed E-state index contributed by atoms with van der Waals surface area (Å²) in [6.45, 7) is 2.25. The highest BCUT2D eigenvalue weighted by atomic mass is 32.2. The van der Waals surface area contributed by atoms with Gasteiger partial charge in [-0.3, -0.25) is 4.98 Å². The van der Waals surface area contributed by atoms with Crippen molar-refractivity contribution in [2.75, 3.05) is 0 Å². The van der Waals surface area contributed by atoms with E-state index < -0.39 is 10.0 Å². The molecule has 3 aromatic rings. The summed E-state index contributed by atoms with van der Waals surface area (Å²) in [5.74, 6) is 0.718. The molecule has 6 heteroatoms. The van der Waals surface area contributed by atoms with Crippen molar-refractivity contribution in [2.24, 2.45) is 0 Å². The lowest BCUT2D eigenvalue weighted by Crippen LogP contribution is -2.26. The fourth-order valence-corrected chi connectivity index (χ4v) is 3.72. The fraction of sp³-hybridized carbons (Fsp3) is 0.150. The minimum Gasteiger partial charge on any atom is -0.489 e. The first-order chi connectivity index (χ1) is 12.5. The van der Waals surface area contributed by atoms with Gasteiger partial charge >= 0.3 is 0 Å². The van der Waals surface area contributed by atoms with E-state index in [-0.39, 0.29) is 10.9 Å². The molecule has 1 heterocycles. The third-order valence-corrected chi connectivity index (χ3v) is 5.45. The molecule has 0 radical (unpaired) electrons. The predicted molar refractivity (Wildman–Crippen MR) is 100 cm³/mol. The summed E-state index contributed by atoms with van der Waals surface area (Å²) in [4.78, 5) is 4.30. The molecule has 1 atom stereocenters. The molecule has 0 aliphatic rings. The Hall–Kier alpha value is -2.70.